The molecule has 1 aromatic carbocycles. The van der Waals surface area contributed by atoms with Crippen LogP contribution in [0.1, 0.15) is 24.2 Å². The fourth-order valence-electron chi connectivity index (χ4n) is 1.61. The van der Waals surface area contributed by atoms with Crippen LogP contribution >= 0.6 is 11.6 Å². The molecule has 1 unspecified atom stereocenters. The number of aryl methyl sites for hydroxylation is 1. The average molecular weight is 236 g/mol. The zero-order valence-corrected chi connectivity index (χ0v) is 10.0. The number of H-pyrrole nitrogens is 1. The molecule has 0 aliphatic rings. The standard InChI is InChI=1S/C12H14ClN3/c1-8-7-10(13)3-4-11(8)15-9(2)12-5-6-14-16-12/h3-7,9,15H,1-2H3,(H,14,16). The van der Waals surface area contributed by atoms with Gasteiger partial charge in [-0.3, -0.25) is 5.10 Å². The number of halogens is 1. The van der Waals surface area contributed by atoms with Crippen molar-refractivity contribution < 1.29 is 0 Å². The fourth-order valence-corrected chi connectivity index (χ4v) is 1.83. The van der Waals surface area contributed by atoms with E-state index in [1.54, 1.807) is 6.20 Å². The highest BCUT2D eigenvalue weighted by atomic mass is 35.5. The lowest BCUT2D eigenvalue weighted by Crippen LogP contribution is -2.08. The first-order valence-corrected chi connectivity index (χ1v) is 5.56. The summed E-state index contributed by atoms with van der Waals surface area (Å²) in [4.78, 5) is 0. The molecule has 1 heterocycles. The first-order valence-electron chi connectivity index (χ1n) is 5.19. The van der Waals surface area contributed by atoms with Gasteiger partial charge in [0.15, 0.2) is 0 Å². The molecule has 3 nitrogen and oxygen atoms in total. The van der Waals surface area contributed by atoms with Crippen LogP contribution in [0, 0.1) is 6.92 Å². The molecule has 2 rings (SSSR count). The topological polar surface area (TPSA) is 40.7 Å². The zero-order chi connectivity index (χ0) is 11.5. The third-order valence-electron chi connectivity index (χ3n) is 2.55. The molecule has 0 aliphatic heterocycles. The quantitative estimate of drug-likeness (QED) is 0.854. The normalized spacial score (nSPS) is 12.4. The number of nitrogens with one attached hydrogen (secondary N) is 2. The summed E-state index contributed by atoms with van der Waals surface area (Å²) in [6.07, 6.45) is 1.75. The second-order valence-electron chi connectivity index (χ2n) is 3.84. The molecule has 0 amide bonds. The largest absolute Gasteiger partial charge is 0.377 e. The van der Waals surface area contributed by atoms with Gasteiger partial charge in [0.25, 0.3) is 0 Å². The summed E-state index contributed by atoms with van der Waals surface area (Å²) in [7, 11) is 0. The van der Waals surface area contributed by atoms with Crippen LogP contribution < -0.4 is 5.32 Å². The Morgan fingerprint density at radius 1 is 1.38 bits per heavy atom. The zero-order valence-electron chi connectivity index (χ0n) is 9.29. The van der Waals surface area contributed by atoms with E-state index < -0.39 is 0 Å². The van der Waals surface area contributed by atoms with E-state index in [0.717, 1.165) is 22.0 Å². The monoisotopic (exact) mass is 235 g/mol. The second kappa shape index (κ2) is 4.58. The lowest BCUT2D eigenvalue weighted by Gasteiger charge is -2.15. The maximum absolute atomic E-state index is 5.91. The molecule has 0 saturated carbocycles. The van der Waals surface area contributed by atoms with Crippen LogP contribution in [0.25, 0.3) is 0 Å². The van der Waals surface area contributed by atoms with Crippen LogP contribution in [0.4, 0.5) is 5.69 Å². The van der Waals surface area contributed by atoms with Crippen LogP contribution in [0.2, 0.25) is 5.02 Å². The maximum Gasteiger partial charge on any atom is 0.0651 e. The van der Waals surface area contributed by atoms with E-state index in [4.69, 9.17) is 11.6 Å². The van der Waals surface area contributed by atoms with Gasteiger partial charge >= 0.3 is 0 Å². The van der Waals surface area contributed by atoms with Crippen molar-refractivity contribution in [3.05, 3.63) is 46.7 Å². The SMILES string of the molecule is Cc1cc(Cl)ccc1NC(C)c1ccn[nH]1. The number of aromatic amines is 1. The predicted molar refractivity (Wildman–Crippen MR) is 66.8 cm³/mol. The van der Waals surface area contributed by atoms with Gasteiger partial charge in [0.05, 0.1) is 11.7 Å². The molecule has 1 atom stereocenters. The van der Waals surface area contributed by atoms with E-state index in [2.05, 4.69) is 22.4 Å². The highest BCUT2D eigenvalue weighted by Gasteiger charge is 2.07. The Hall–Kier alpha value is -1.48. The van der Waals surface area contributed by atoms with Gasteiger partial charge in [0.2, 0.25) is 0 Å². The molecule has 0 spiro atoms. The summed E-state index contributed by atoms with van der Waals surface area (Å²) in [6, 6.07) is 7.98. The molecule has 0 saturated heterocycles. The minimum Gasteiger partial charge on any atom is -0.377 e. The molecule has 0 aliphatic carbocycles. The Morgan fingerprint density at radius 2 is 2.19 bits per heavy atom. The van der Waals surface area contributed by atoms with Crippen LogP contribution in [0.15, 0.2) is 30.5 Å². The van der Waals surface area contributed by atoms with Gasteiger partial charge in [-0.25, -0.2) is 0 Å². The summed E-state index contributed by atoms with van der Waals surface area (Å²) < 4.78 is 0. The van der Waals surface area contributed by atoms with E-state index in [-0.39, 0.29) is 6.04 Å². The molecule has 16 heavy (non-hydrogen) atoms. The van der Waals surface area contributed by atoms with Crippen LogP contribution in [0.3, 0.4) is 0 Å². The number of hydrogen-bond acceptors (Lipinski definition) is 2. The van der Waals surface area contributed by atoms with E-state index in [9.17, 15) is 0 Å². The fraction of sp³-hybridized carbons (Fsp3) is 0.250. The number of aromatic nitrogens is 2. The van der Waals surface area contributed by atoms with Crippen molar-refractivity contribution in [2.75, 3.05) is 5.32 Å². The third-order valence-corrected chi connectivity index (χ3v) is 2.78. The average Bonchev–Trinajstić information content (AvgIpc) is 2.75. The van der Waals surface area contributed by atoms with Crippen LogP contribution in [0.5, 0.6) is 0 Å². The Labute approximate surface area is 99.8 Å². The van der Waals surface area contributed by atoms with Crippen molar-refractivity contribution in [2.24, 2.45) is 0 Å². The number of hydrogen-bond donors (Lipinski definition) is 2. The first kappa shape index (κ1) is 11.0. The molecule has 2 aromatic rings. The lowest BCUT2D eigenvalue weighted by molar-refractivity contribution is 0.824. The summed E-state index contributed by atoms with van der Waals surface area (Å²) in [5.41, 5.74) is 3.29. The molecule has 0 fully saturated rings. The maximum atomic E-state index is 5.91. The molecule has 84 valence electrons. The molecular formula is C12H14ClN3. The van der Waals surface area contributed by atoms with Crippen molar-refractivity contribution in [1.29, 1.82) is 0 Å². The lowest BCUT2D eigenvalue weighted by atomic mass is 10.1. The van der Waals surface area contributed by atoms with Gasteiger partial charge < -0.3 is 5.32 Å². The predicted octanol–water partition coefficient (Wildman–Crippen LogP) is 3.54. The summed E-state index contributed by atoms with van der Waals surface area (Å²) in [5, 5.41) is 11.1. The number of nitrogens with zero attached hydrogens (tertiary/aromatic N) is 1. The van der Waals surface area contributed by atoms with Crippen molar-refractivity contribution >= 4 is 17.3 Å². The molecule has 4 heteroatoms. The molecule has 0 radical (unpaired) electrons. The van der Waals surface area contributed by atoms with E-state index in [1.165, 1.54) is 0 Å². The summed E-state index contributed by atoms with van der Waals surface area (Å²) in [5.74, 6) is 0. The van der Waals surface area contributed by atoms with E-state index in [0.29, 0.717) is 0 Å². The van der Waals surface area contributed by atoms with Gasteiger partial charge in [-0.1, -0.05) is 11.6 Å². The van der Waals surface area contributed by atoms with Crippen molar-refractivity contribution in [2.45, 2.75) is 19.9 Å². The number of rotatable bonds is 3. The summed E-state index contributed by atoms with van der Waals surface area (Å²) in [6.45, 7) is 4.12. The summed E-state index contributed by atoms with van der Waals surface area (Å²) >= 11 is 5.91. The highest BCUT2D eigenvalue weighted by molar-refractivity contribution is 6.30. The number of anilines is 1. The van der Waals surface area contributed by atoms with E-state index in [1.807, 2.05) is 31.2 Å². The second-order valence-corrected chi connectivity index (χ2v) is 4.27. The molecule has 2 N–H and O–H groups in total. The molecule has 1 aromatic heterocycles. The van der Waals surface area contributed by atoms with Crippen molar-refractivity contribution in [3.8, 4) is 0 Å². The third kappa shape index (κ3) is 2.36. The Morgan fingerprint density at radius 3 is 2.81 bits per heavy atom. The molecule has 0 bridgehead atoms. The Balaban J connectivity index is 2.15. The Bertz CT molecular complexity index is 465. The van der Waals surface area contributed by atoms with Gasteiger partial charge in [-0.05, 0) is 43.7 Å². The van der Waals surface area contributed by atoms with Gasteiger partial charge in [0.1, 0.15) is 0 Å². The smallest absolute Gasteiger partial charge is 0.0651 e. The van der Waals surface area contributed by atoms with Gasteiger partial charge in [-0.2, -0.15) is 5.10 Å². The van der Waals surface area contributed by atoms with Crippen LogP contribution in [-0.2, 0) is 0 Å². The van der Waals surface area contributed by atoms with Crippen molar-refractivity contribution in [3.63, 3.8) is 0 Å². The molecular weight excluding hydrogens is 222 g/mol. The first-order chi connectivity index (χ1) is 7.66. The Kier molecular flexibility index (Phi) is 3.15. The minimum atomic E-state index is 0.197. The van der Waals surface area contributed by atoms with E-state index >= 15 is 0 Å². The van der Waals surface area contributed by atoms with Gasteiger partial charge in [-0.15, -0.1) is 0 Å². The van der Waals surface area contributed by atoms with Crippen molar-refractivity contribution in [1.82, 2.24) is 10.2 Å². The van der Waals surface area contributed by atoms with Crippen LogP contribution in [-0.4, -0.2) is 10.2 Å². The minimum absolute atomic E-state index is 0.197. The highest BCUT2D eigenvalue weighted by Crippen LogP contribution is 2.23. The van der Waals surface area contributed by atoms with Gasteiger partial charge in [0, 0.05) is 16.9 Å². The number of benzene rings is 1.